The number of nitrogens with two attached hydrogens (primary N) is 1. The number of nitrogens with zero attached hydrogens (tertiary/aromatic N) is 2. The number of aromatic nitrogens is 1. The Balaban J connectivity index is 1.27. The molecule has 1 aliphatic rings. The highest BCUT2D eigenvalue weighted by atomic mass is 16.6. The number of ether oxygens (including phenoxy) is 2. The zero-order chi connectivity index (χ0) is 25.7. The number of amides is 2. The van der Waals surface area contributed by atoms with Crippen molar-refractivity contribution in [3.63, 3.8) is 0 Å². The molecule has 0 saturated carbocycles. The number of nitrogen functional groups attached to an aromatic ring is 1. The quantitative estimate of drug-likeness (QED) is 0.434. The Morgan fingerprint density at radius 3 is 2.47 bits per heavy atom. The van der Waals surface area contributed by atoms with Crippen LogP contribution >= 0.6 is 0 Å². The van der Waals surface area contributed by atoms with Crippen LogP contribution in [0.25, 0.3) is 10.9 Å². The van der Waals surface area contributed by atoms with Crippen molar-refractivity contribution in [3.8, 4) is 5.75 Å². The van der Waals surface area contributed by atoms with Crippen LogP contribution in [-0.2, 0) is 16.0 Å². The number of carbonyl (C=O) groups is 2. The van der Waals surface area contributed by atoms with Gasteiger partial charge in [0.15, 0.2) is 6.61 Å². The third-order valence-electron chi connectivity index (χ3n) is 6.05. The Morgan fingerprint density at radius 1 is 1.06 bits per heavy atom. The van der Waals surface area contributed by atoms with Gasteiger partial charge in [-0.25, -0.2) is 4.79 Å². The highest BCUT2D eigenvalue weighted by molar-refractivity contribution is 5.85. The number of nitrogens with one attached hydrogen (secondary N) is 2. The van der Waals surface area contributed by atoms with Gasteiger partial charge in [0, 0.05) is 61.2 Å². The second kappa shape index (κ2) is 10.8. The van der Waals surface area contributed by atoms with E-state index in [4.69, 9.17) is 15.2 Å². The van der Waals surface area contributed by atoms with Crippen LogP contribution in [0.1, 0.15) is 26.3 Å². The maximum absolute atomic E-state index is 12.8. The van der Waals surface area contributed by atoms with Crippen LogP contribution in [0.2, 0.25) is 0 Å². The van der Waals surface area contributed by atoms with E-state index in [1.165, 1.54) is 0 Å². The zero-order valence-electron chi connectivity index (χ0n) is 21.2. The Bertz CT molecular complexity index is 1190. The van der Waals surface area contributed by atoms with E-state index in [2.05, 4.69) is 15.2 Å². The van der Waals surface area contributed by atoms with Crippen molar-refractivity contribution in [2.75, 3.05) is 50.0 Å². The standard InChI is InChI=1S/C27H35N5O4/c1-27(2,3)36-26(34)29-11-10-19-17-30-24-9-8-22(16-23(19)24)35-18-25(33)32-14-12-31(13-15-32)21-6-4-20(28)5-7-21/h4-9,16-17,30H,10-15,18,28H2,1-3H3,(H,29,34). The molecule has 0 radical (unpaired) electrons. The summed E-state index contributed by atoms with van der Waals surface area (Å²) in [5.74, 6) is 0.611. The molecule has 1 fully saturated rings. The van der Waals surface area contributed by atoms with Gasteiger partial charge < -0.3 is 35.3 Å². The van der Waals surface area contributed by atoms with Crippen molar-refractivity contribution in [1.29, 1.82) is 0 Å². The maximum atomic E-state index is 12.8. The summed E-state index contributed by atoms with van der Waals surface area (Å²) in [6, 6.07) is 13.5. The summed E-state index contributed by atoms with van der Waals surface area (Å²) in [7, 11) is 0. The second-order valence-electron chi connectivity index (χ2n) is 9.95. The van der Waals surface area contributed by atoms with Gasteiger partial charge in [-0.15, -0.1) is 0 Å². The van der Waals surface area contributed by atoms with Crippen LogP contribution in [0.3, 0.4) is 0 Å². The van der Waals surface area contributed by atoms with Crippen LogP contribution < -0.4 is 20.7 Å². The smallest absolute Gasteiger partial charge is 0.407 e. The number of H-pyrrole nitrogens is 1. The van der Waals surface area contributed by atoms with E-state index in [1.807, 2.05) is 74.3 Å². The van der Waals surface area contributed by atoms with Gasteiger partial charge in [0.25, 0.3) is 5.91 Å². The van der Waals surface area contributed by atoms with Crippen molar-refractivity contribution in [2.24, 2.45) is 0 Å². The lowest BCUT2D eigenvalue weighted by Gasteiger charge is -2.36. The highest BCUT2D eigenvalue weighted by Crippen LogP contribution is 2.24. The molecule has 3 aromatic rings. The lowest BCUT2D eigenvalue weighted by atomic mass is 10.1. The van der Waals surface area contributed by atoms with E-state index in [-0.39, 0.29) is 12.5 Å². The molecule has 4 N–H and O–H groups in total. The van der Waals surface area contributed by atoms with Gasteiger partial charge in [-0.3, -0.25) is 4.79 Å². The topological polar surface area (TPSA) is 113 Å². The summed E-state index contributed by atoms with van der Waals surface area (Å²) in [6.45, 7) is 8.79. The third kappa shape index (κ3) is 6.62. The molecule has 192 valence electrons. The molecule has 0 atom stereocenters. The summed E-state index contributed by atoms with van der Waals surface area (Å²) >= 11 is 0. The summed E-state index contributed by atoms with van der Waals surface area (Å²) in [5.41, 5.74) is 9.13. The monoisotopic (exact) mass is 493 g/mol. The first-order valence-electron chi connectivity index (χ1n) is 12.3. The Labute approximate surface area is 211 Å². The minimum absolute atomic E-state index is 0.00661. The van der Waals surface area contributed by atoms with E-state index in [0.29, 0.717) is 31.8 Å². The third-order valence-corrected chi connectivity index (χ3v) is 6.05. The molecule has 2 amide bonds. The van der Waals surface area contributed by atoms with Gasteiger partial charge in [-0.2, -0.15) is 0 Å². The molecule has 0 spiro atoms. The van der Waals surface area contributed by atoms with E-state index >= 15 is 0 Å². The number of benzene rings is 2. The predicted octanol–water partition coefficient (Wildman–Crippen LogP) is 3.54. The summed E-state index contributed by atoms with van der Waals surface area (Å²) < 4.78 is 11.1. The molecular weight excluding hydrogens is 458 g/mol. The fourth-order valence-corrected chi connectivity index (χ4v) is 4.20. The van der Waals surface area contributed by atoms with Gasteiger partial charge in [-0.1, -0.05) is 0 Å². The molecule has 0 aliphatic carbocycles. The highest BCUT2D eigenvalue weighted by Gasteiger charge is 2.22. The summed E-state index contributed by atoms with van der Waals surface area (Å²) in [4.78, 5) is 32.0. The number of hydrogen-bond donors (Lipinski definition) is 3. The molecule has 1 aromatic heterocycles. The SMILES string of the molecule is CC(C)(C)OC(=O)NCCc1c[nH]c2ccc(OCC(=O)N3CCN(c4ccc(N)cc4)CC3)cc12. The van der Waals surface area contributed by atoms with Crippen LogP contribution in [0.15, 0.2) is 48.7 Å². The summed E-state index contributed by atoms with van der Waals surface area (Å²) in [5, 5.41) is 3.79. The molecule has 1 aliphatic heterocycles. The zero-order valence-corrected chi connectivity index (χ0v) is 21.2. The number of alkyl carbamates (subject to hydrolysis) is 1. The first-order valence-corrected chi connectivity index (χ1v) is 12.3. The maximum Gasteiger partial charge on any atom is 0.407 e. The number of carbonyl (C=O) groups excluding carboxylic acids is 2. The second-order valence-corrected chi connectivity index (χ2v) is 9.95. The van der Waals surface area contributed by atoms with Crippen LogP contribution in [0.5, 0.6) is 5.75 Å². The van der Waals surface area contributed by atoms with E-state index in [9.17, 15) is 9.59 Å². The molecule has 9 heteroatoms. The van der Waals surface area contributed by atoms with Gasteiger partial charge in [-0.05, 0) is 75.2 Å². The normalized spacial score (nSPS) is 14.1. The summed E-state index contributed by atoms with van der Waals surface area (Å²) in [6.07, 6.45) is 2.13. The lowest BCUT2D eigenvalue weighted by molar-refractivity contribution is -0.133. The number of fused-ring (bicyclic) bond motifs is 1. The van der Waals surface area contributed by atoms with Crippen LogP contribution in [0.4, 0.5) is 16.2 Å². The Kier molecular flexibility index (Phi) is 7.57. The predicted molar refractivity (Wildman–Crippen MR) is 141 cm³/mol. The Morgan fingerprint density at radius 2 is 1.78 bits per heavy atom. The Hall–Kier alpha value is -3.88. The van der Waals surface area contributed by atoms with Crippen molar-refractivity contribution >= 4 is 34.3 Å². The molecular formula is C27H35N5O4. The lowest BCUT2D eigenvalue weighted by Crippen LogP contribution is -2.50. The van der Waals surface area contributed by atoms with Crippen LogP contribution in [-0.4, -0.2) is 66.8 Å². The number of rotatable bonds is 7. The number of anilines is 2. The van der Waals surface area contributed by atoms with Gasteiger partial charge >= 0.3 is 6.09 Å². The molecule has 36 heavy (non-hydrogen) atoms. The van der Waals surface area contributed by atoms with Crippen molar-refractivity contribution in [1.82, 2.24) is 15.2 Å². The van der Waals surface area contributed by atoms with Crippen molar-refractivity contribution < 1.29 is 19.1 Å². The molecule has 2 heterocycles. The largest absolute Gasteiger partial charge is 0.484 e. The van der Waals surface area contributed by atoms with E-state index in [1.54, 1.807) is 0 Å². The van der Waals surface area contributed by atoms with E-state index < -0.39 is 11.7 Å². The fourth-order valence-electron chi connectivity index (χ4n) is 4.20. The van der Waals surface area contributed by atoms with Gasteiger partial charge in [0.1, 0.15) is 11.4 Å². The molecule has 4 rings (SSSR count). The minimum atomic E-state index is -0.529. The fraction of sp³-hybridized carbons (Fsp3) is 0.407. The molecule has 9 nitrogen and oxygen atoms in total. The number of aromatic amines is 1. The van der Waals surface area contributed by atoms with Gasteiger partial charge in [0.2, 0.25) is 0 Å². The molecule has 2 aromatic carbocycles. The molecule has 1 saturated heterocycles. The molecule has 0 unspecified atom stereocenters. The number of piperazine rings is 1. The minimum Gasteiger partial charge on any atom is -0.484 e. The van der Waals surface area contributed by atoms with Crippen LogP contribution in [0, 0.1) is 0 Å². The van der Waals surface area contributed by atoms with Gasteiger partial charge in [0.05, 0.1) is 0 Å². The average Bonchev–Trinajstić information content (AvgIpc) is 3.24. The first kappa shape index (κ1) is 25.2. The first-order chi connectivity index (χ1) is 17.2. The van der Waals surface area contributed by atoms with Crippen molar-refractivity contribution in [3.05, 3.63) is 54.2 Å². The average molecular weight is 494 g/mol. The van der Waals surface area contributed by atoms with Crippen molar-refractivity contribution in [2.45, 2.75) is 32.8 Å². The molecule has 0 bridgehead atoms. The van der Waals surface area contributed by atoms with E-state index in [0.717, 1.165) is 40.9 Å². The number of hydrogen-bond acceptors (Lipinski definition) is 6.